The van der Waals surface area contributed by atoms with Crippen molar-refractivity contribution < 1.29 is 21.6 Å². The number of sulfonamides is 1. The summed E-state index contributed by atoms with van der Waals surface area (Å²) in [6.07, 6.45) is 1.03. The van der Waals surface area contributed by atoms with Crippen LogP contribution in [0.4, 0.5) is 8.78 Å². The molecule has 6 nitrogen and oxygen atoms in total. The molecule has 2 N–H and O–H groups in total. The van der Waals surface area contributed by atoms with Crippen molar-refractivity contribution in [3.05, 3.63) is 68.8 Å². The smallest absolute Gasteiger partial charge is 0.415 e. The maximum atomic E-state index is 14.1. The first kappa shape index (κ1) is 18.5. The zero-order valence-corrected chi connectivity index (χ0v) is 15.6. The summed E-state index contributed by atoms with van der Waals surface area (Å²) < 4.78 is 57.5. The monoisotopic (exact) mass is 444 g/mol. The van der Waals surface area contributed by atoms with E-state index in [9.17, 15) is 22.0 Å². The number of primary sulfonamides is 1. The molecule has 0 aliphatic rings. The van der Waals surface area contributed by atoms with E-state index in [0.29, 0.717) is 5.69 Å². The Morgan fingerprint density at radius 2 is 1.77 bits per heavy atom. The van der Waals surface area contributed by atoms with Crippen molar-refractivity contribution in [3.8, 4) is 16.9 Å². The van der Waals surface area contributed by atoms with Crippen LogP contribution >= 0.6 is 15.9 Å². The average molecular weight is 445 g/mol. The van der Waals surface area contributed by atoms with Gasteiger partial charge in [-0.1, -0.05) is 22.0 Å². The van der Waals surface area contributed by atoms with Gasteiger partial charge in [-0.3, -0.25) is 0 Å². The van der Waals surface area contributed by atoms with Gasteiger partial charge in [0.25, 0.3) is 0 Å². The lowest BCUT2D eigenvalue weighted by molar-refractivity contribution is 0.504. The molecule has 0 unspecified atom stereocenters. The van der Waals surface area contributed by atoms with Crippen LogP contribution < -0.4 is 10.9 Å². The topological polar surface area (TPSA) is 95.3 Å². The van der Waals surface area contributed by atoms with Gasteiger partial charge in [0.15, 0.2) is 4.90 Å². The van der Waals surface area contributed by atoms with Crippen LogP contribution in [0.3, 0.4) is 0 Å². The first-order valence-electron chi connectivity index (χ1n) is 7.09. The molecule has 0 aliphatic heterocycles. The van der Waals surface area contributed by atoms with E-state index >= 15 is 0 Å². The van der Waals surface area contributed by atoms with Gasteiger partial charge in [0.1, 0.15) is 17.9 Å². The molecule has 3 rings (SSSR count). The number of oxazole rings is 1. The highest BCUT2D eigenvalue weighted by atomic mass is 79.9. The van der Waals surface area contributed by atoms with E-state index in [1.807, 2.05) is 6.92 Å². The summed E-state index contributed by atoms with van der Waals surface area (Å²) in [5.74, 6) is -3.51. The first-order valence-corrected chi connectivity index (χ1v) is 9.43. The van der Waals surface area contributed by atoms with Gasteiger partial charge in [-0.15, -0.1) is 0 Å². The van der Waals surface area contributed by atoms with Gasteiger partial charge in [-0.2, -0.15) is 0 Å². The molecule has 0 saturated carbocycles. The van der Waals surface area contributed by atoms with Gasteiger partial charge in [-0.25, -0.2) is 31.7 Å². The lowest BCUT2D eigenvalue weighted by Crippen LogP contribution is -2.17. The first-order chi connectivity index (χ1) is 12.1. The van der Waals surface area contributed by atoms with Crippen LogP contribution in [0, 0.1) is 18.6 Å². The maximum absolute atomic E-state index is 14.1. The number of rotatable bonds is 3. The quantitative estimate of drug-likeness (QED) is 0.671. The Morgan fingerprint density at radius 1 is 1.15 bits per heavy atom. The molecule has 0 aliphatic carbocycles. The molecule has 1 aromatic heterocycles. The van der Waals surface area contributed by atoms with E-state index in [1.54, 1.807) is 18.2 Å². The summed E-state index contributed by atoms with van der Waals surface area (Å²) in [5.41, 5.74) is 1.27. The highest BCUT2D eigenvalue weighted by molar-refractivity contribution is 9.10. The molecule has 0 radical (unpaired) electrons. The van der Waals surface area contributed by atoms with Crippen molar-refractivity contribution in [3.63, 3.8) is 0 Å². The van der Waals surface area contributed by atoms with Crippen molar-refractivity contribution in [1.29, 1.82) is 0 Å². The van der Waals surface area contributed by atoms with E-state index in [-0.39, 0.29) is 11.3 Å². The Hall–Kier alpha value is -2.30. The van der Waals surface area contributed by atoms with Crippen molar-refractivity contribution >= 4 is 26.0 Å². The van der Waals surface area contributed by atoms with Crippen LogP contribution in [0.25, 0.3) is 16.9 Å². The average Bonchev–Trinajstić information content (AvgIpc) is 2.89. The third kappa shape index (κ3) is 3.22. The van der Waals surface area contributed by atoms with E-state index < -0.39 is 32.3 Å². The van der Waals surface area contributed by atoms with Crippen molar-refractivity contribution in [2.75, 3.05) is 0 Å². The minimum absolute atomic E-state index is 0.0459. The number of aryl methyl sites for hydroxylation is 1. The lowest BCUT2D eigenvalue weighted by Gasteiger charge is -2.10. The van der Waals surface area contributed by atoms with Gasteiger partial charge in [0.2, 0.25) is 10.0 Å². The molecule has 1 heterocycles. The SMILES string of the molecule is Cc1ccc(-n2c(-c3cc(F)c(S(N)(=O)=O)c(F)c3)coc2=O)cc1Br. The van der Waals surface area contributed by atoms with Crippen LogP contribution in [0.15, 0.2) is 55.2 Å². The second-order valence-electron chi connectivity index (χ2n) is 5.47. The number of aromatic nitrogens is 1. The molecule has 0 spiro atoms. The highest BCUT2D eigenvalue weighted by Crippen LogP contribution is 2.28. The summed E-state index contributed by atoms with van der Waals surface area (Å²) in [6.45, 7) is 1.85. The Kier molecular flexibility index (Phi) is 4.59. The molecular weight excluding hydrogens is 434 g/mol. The molecule has 3 aromatic rings. The molecule has 0 fully saturated rings. The summed E-state index contributed by atoms with van der Waals surface area (Å²) >= 11 is 3.35. The van der Waals surface area contributed by atoms with E-state index in [1.165, 1.54) is 0 Å². The van der Waals surface area contributed by atoms with Crippen molar-refractivity contribution in [2.45, 2.75) is 11.8 Å². The minimum Gasteiger partial charge on any atom is -0.415 e. The fraction of sp³-hybridized carbons (Fsp3) is 0.0625. The Bertz CT molecular complexity index is 1160. The third-order valence-corrected chi connectivity index (χ3v) is 5.50. The molecule has 26 heavy (non-hydrogen) atoms. The Labute approximate surface area is 155 Å². The predicted octanol–water partition coefficient (Wildman–Crippen LogP) is 3.09. The lowest BCUT2D eigenvalue weighted by atomic mass is 10.1. The zero-order chi connectivity index (χ0) is 19.2. The minimum atomic E-state index is -4.58. The van der Waals surface area contributed by atoms with Crippen molar-refractivity contribution in [1.82, 2.24) is 4.57 Å². The summed E-state index contributed by atoms with van der Waals surface area (Å²) in [6, 6.07) is 6.56. The van der Waals surface area contributed by atoms with E-state index in [2.05, 4.69) is 15.9 Å². The van der Waals surface area contributed by atoms with Crippen LogP contribution in [-0.2, 0) is 10.0 Å². The van der Waals surface area contributed by atoms with Crippen molar-refractivity contribution in [2.24, 2.45) is 5.14 Å². The number of halogens is 3. The van der Waals surface area contributed by atoms with Crippen LogP contribution in [0.2, 0.25) is 0 Å². The molecule has 0 amide bonds. The number of hydrogen-bond acceptors (Lipinski definition) is 4. The second kappa shape index (κ2) is 6.45. The molecule has 0 bridgehead atoms. The summed E-state index contributed by atoms with van der Waals surface area (Å²) in [5, 5.41) is 4.82. The second-order valence-corrected chi connectivity index (χ2v) is 7.82. The third-order valence-electron chi connectivity index (χ3n) is 3.69. The van der Waals surface area contributed by atoms with Gasteiger partial charge in [0, 0.05) is 10.0 Å². The van der Waals surface area contributed by atoms with Crippen LogP contribution in [-0.4, -0.2) is 13.0 Å². The van der Waals surface area contributed by atoms with E-state index in [0.717, 1.165) is 33.0 Å². The molecule has 10 heteroatoms. The number of nitrogens with two attached hydrogens (primary N) is 1. The fourth-order valence-corrected chi connectivity index (χ4v) is 3.48. The highest BCUT2D eigenvalue weighted by Gasteiger charge is 2.23. The maximum Gasteiger partial charge on any atom is 0.424 e. The van der Waals surface area contributed by atoms with Gasteiger partial charge in [0.05, 0.1) is 11.4 Å². The largest absolute Gasteiger partial charge is 0.424 e. The molecule has 0 saturated heterocycles. The molecule has 136 valence electrons. The number of benzene rings is 2. The van der Waals surface area contributed by atoms with Crippen LogP contribution in [0.5, 0.6) is 0 Å². The zero-order valence-electron chi connectivity index (χ0n) is 13.2. The Morgan fingerprint density at radius 3 is 2.31 bits per heavy atom. The predicted molar refractivity (Wildman–Crippen MR) is 93.5 cm³/mol. The van der Waals surface area contributed by atoms with Gasteiger partial charge < -0.3 is 4.42 Å². The molecule has 0 atom stereocenters. The summed E-state index contributed by atoms with van der Waals surface area (Å²) in [4.78, 5) is 10.8. The summed E-state index contributed by atoms with van der Waals surface area (Å²) in [7, 11) is -4.58. The van der Waals surface area contributed by atoms with Gasteiger partial charge in [-0.05, 0) is 36.8 Å². The molecule has 2 aromatic carbocycles. The van der Waals surface area contributed by atoms with Gasteiger partial charge >= 0.3 is 5.76 Å². The van der Waals surface area contributed by atoms with Crippen LogP contribution in [0.1, 0.15) is 5.56 Å². The molecular formula is C16H11BrF2N2O4S. The van der Waals surface area contributed by atoms with E-state index in [4.69, 9.17) is 9.56 Å². The fourth-order valence-electron chi connectivity index (χ4n) is 2.45. The normalized spacial score (nSPS) is 11.7. The Balaban J connectivity index is 2.24. The standard InChI is InChI=1S/C16H11BrF2N2O4S/c1-8-2-3-10(6-11(8)17)21-14(7-25-16(21)22)9-4-12(18)15(13(19)5-9)26(20,23)24/h2-7H,1H3,(H2,20,23,24). The number of nitrogens with zero attached hydrogens (tertiary/aromatic N) is 1. The number of hydrogen-bond donors (Lipinski definition) is 1.